The highest BCUT2D eigenvalue weighted by Gasteiger charge is 2.43. The van der Waals surface area contributed by atoms with Gasteiger partial charge in [-0.05, 0) is 63.2 Å². The minimum atomic E-state index is 0.00562. The smallest absolute Gasteiger partial charge is 0.309 e. The lowest BCUT2D eigenvalue weighted by molar-refractivity contribution is -0.159. The van der Waals surface area contributed by atoms with Gasteiger partial charge in [-0.1, -0.05) is 0 Å². The first-order chi connectivity index (χ1) is 10.2. The number of ether oxygens (including phenoxy) is 1. The van der Waals surface area contributed by atoms with Crippen molar-refractivity contribution >= 4 is 11.9 Å². The third-order valence-corrected chi connectivity index (χ3v) is 6.01. The van der Waals surface area contributed by atoms with Gasteiger partial charge in [-0.2, -0.15) is 0 Å². The van der Waals surface area contributed by atoms with E-state index in [0.29, 0.717) is 17.7 Å². The second-order valence-corrected chi connectivity index (χ2v) is 7.52. The zero-order valence-corrected chi connectivity index (χ0v) is 12.6. The largest absolute Gasteiger partial charge is 0.462 e. The van der Waals surface area contributed by atoms with Gasteiger partial charge in [0.05, 0.1) is 5.92 Å². The fourth-order valence-electron chi connectivity index (χ4n) is 4.50. The number of piperidine rings is 1. The molecule has 0 radical (unpaired) electrons. The Kier molecular flexibility index (Phi) is 3.43. The van der Waals surface area contributed by atoms with E-state index in [-0.39, 0.29) is 18.0 Å². The van der Waals surface area contributed by atoms with E-state index in [1.807, 2.05) is 4.90 Å². The van der Waals surface area contributed by atoms with Gasteiger partial charge in [0.2, 0.25) is 5.91 Å². The van der Waals surface area contributed by atoms with Crippen molar-refractivity contribution < 1.29 is 14.3 Å². The van der Waals surface area contributed by atoms with E-state index >= 15 is 0 Å². The average Bonchev–Trinajstić information content (AvgIpc) is 3.16. The van der Waals surface area contributed by atoms with E-state index in [9.17, 15) is 9.59 Å². The Labute approximate surface area is 126 Å². The molecule has 116 valence electrons. The lowest BCUT2D eigenvalue weighted by Gasteiger charge is -2.32. The lowest BCUT2D eigenvalue weighted by Crippen LogP contribution is -2.42. The molecule has 4 aliphatic rings. The molecule has 3 unspecified atom stereocenters. The van der Waals surface area contributed by atoms with E-state index in [2.05, 4.69) is 0 Å². The molecule has 0 aromatic rings. The molecule has 0 aromatic heterocycles. The van der Waals surface area contributed by atoms with Crippen molar-refractivity contribution in [2.45, 2.75) is 57.5 Å². The zero-order valence-electron chi connectivity index (χ0n) is 12.6. The number of carbonyl (C=O) groups is 2. The maximum absolute atomic E-state index is 12.3. The first-order valence-corrected chi connectivity index (χ1v) is 8.70. The predicted octanol–water partition coefficient (Wildman–Crippen LogP) is 2.37. The van der Waals surface area contributed by atoms with Crippen LogP contribution in [0.5, 0.6) is 0 Å². The number of rotatable bonds is 3. The molecule has 1 heterocycles. The molecule has 0 spiro atoms. The van der Waals surface area contributed by atoms with E-state index in [4.69, 9.17) is 4.74 Å². The molecule has 4 heteroatoms. The number of nitrogens with zero attached hydrogens (tertiary/aromatic N) is 1. The molecule has 4 fully saturated rings. The Morgan fingerprint density at radius 2 is 1.62 bits per heavy atom. The Hall–Kier alpha value is -1.06. The van der Waals surface area contributed by atoms with Crippen LogP contribution in [0, 0.1) is 23.7 Å². The molecule has 3 atom stereocenters. The van der Waals surface area contributed by atoms with Gasteiger partial charge in [0.1, 0.15) is 6.10 Å². The Morgan fingerprint density at radius 1 is 0.857 bits per heavy atom. The normalized spacial score (nSPS) is 36.0. The first kappa shape index (κ1) is 13.6. The van der Waals surface area contributed by atoms with Gasteiger partial charge in [-0.25, -0.2) is 0 Å². The van der Waals surface area contributed by atoms with Gasteiger partial charge in [0.15, 0.2) is 0 Å². The molecular weight excluding hydrogens is 266 g/mol. The van der Waals surface area contributed by atoms with Gasteiger partial charge in [0.25, 0.3) is 0 Å². The number of hydrogen-bond acceptors (Lipinski definition) is 3. The quantitative estimate of drug-likeness (QED) is 0.750. The summed E-state index contributed by atoms with van der Waals surface area (Å²) in [4.78, 5) is 26.3. The molecule has 3 aliphatic carbocycles. The maximum Gasteiger partial charge on any atom is 0.309 e. The summed E-state index contributed by atoms with van der Waals surface area (Å²) >= 11 is 0. The van der Waals surface area contributed by atoms with E-state index < -0.39 is 0 Å². The fourth-order valence-corrected chi connectivity index (χ4v) is 4.50. The van der Waals surface area contributed by atoms with Crippen LogP contribution in [0.25, 0.3) is 0 Å². The van der Waals surface area contributed by atoms with Crippen LogP contribution in [0.2, 0.25) is 0 Å². The van der Waals surface area contributed by atoms with Gasteiger partial charge in [-0.15, -0.1) is 0 Å². The molecule has 1 aliphatic heterocycles. The minimum Gasteiger partial charge on any atom is -0.462 e. The van der Waals surface area contributed by atoms with Crippen molar-refractivity contribution in [3.63, 3.8) is 0 Å². The number of amides is 1. The van der Waals surface area contributed by atoms with Gasteiger partial charge >= 0.3 is 5.97 Å². The van der Waals surface area contributed by atoms with Crippen LogP contribution in [0.4, 0.5) is 0 Å². The molecule has 3 saturated carbocycles. The maximum atomic E-state index is 12.3. The van der Waals surface area contributed by atoms with Crippen LogP contribution in [-0.4, -0.2) is 36.0 Å². The van der Waals surface area contributed by atoms with Crippen molar-refractivity contribution in [2.24, 2.45) is 23.7 Å². The fraction of sp³-hybridized carbons (Fsp3) is 0.882. The minimum absolute atomic E-state index is 0.00562. The van der Waals surface area contributed by atoms with Crippen LogP contribution in [-0.2, 0) is 14.3 Å². The standard InChI is InChI=1S/C17H25NO3/c19-16(12-3-4-12)18-7-5-13(6-8-18)17(20)21-15-10-11-1-2-14(15)9-11/h11-15H,1-10H2. The number of fused-ring (bicyclic) bond motifs is 2. The average molecular weight is 291 g/mol. The van der Waals surface area contributed by atoms with E-state index in [1.54, 1.807) is 0 Å². The summed E-state index contributed by atoms with van der Waals surface area (Å²) in [5.41, 5.74) is 0. The monoisotopic (exact) mass is 291 g/mol. The van der Waals surface area contributed by atoms with E-state index in [1.165, 1.54) is 19.3 Å². The van der Waals surface area contributed by atoms with Crippen LogP contribution < -0.4 is 0 Å². The lowest BCUT2D eigenvalue weighted by atomic mass is 9.95. The third-order valence-electron chi connectivity index (χ3n) is 6.01. The molecule has 0 N–H and O–H groups in total. The van der Waals surface area contributed by atoms with Crippen LogP contribution in [0.3, 0.4) is 0 Å². The first-order valence-electron chi connectivity index (χ1n) is 8.70. The molecule has 1 amide bonds. The Morgan fingerprint density at radius 3 is 2.19 bits per heavy atom. The highest BCUT2D eigenvalue weighted by molar-refractivity contribution is 5.81. The summed E-state index contributed by atoms with van der Waals surface area (Å²) in [6.45, 7) is 1.48. The van der Waals surface area contributed by atoms with Crippen molar-refractivity contribution in [1.82, 2.24) is 4.90 Å². The van der Waals surface area contributed by atoms with Crippen molar-refractivity contribution in [1.29, 1.82) is 0 Å². The summed E-state index contributed by atoms with van der Waals surface area (Å²) in [6, 6.07) is 0. The predicted molar refractivity (Wildman–Crippen MR) is 77.4 cm³/mol. The number of likely N-dealkylation sites (tertiary alicyclic amines) is 1. The van der Waals surface area contributed by atoms with Gasteiger partial charge in [-0.3, -0.25) is 9.59 Å². The number of carbonyl (C=O) groups excluding carboxylic acids is 2. The van der Waals surface area contributed by atoms with Crippen molar-refractivity contribution in [3.05, 3.63) is 0 Å². The molecule has 4 rings (SSSR count). The van der Waals surface area contributed by atoms with Crippen LogP contribution in [0.1, 0.15) is 51.4 Å². The second-order valence-electron chi connectivity index (χ2n) is 7.52. The summed E-state index contributed by atoms with van der Waals surface area (Å²) in [5, 5.41) is 0. The summed E-state index contributed by atoms with van der Waals surface area (Å²) in [6.07, 6.45) is 8.84. The number of hydrogen-bond donors (Lipinski definition) is 0. The molecule has 1 saturated heterocycles. The SMILES string of the molecule is O=C(OC1CC2CCC1C2)C1CCN(C(=O)C2CC2)CC1. The van der Waals surface area contributed by atoms with Gasteiger partial charge in [0, 0.05) is 19.0 Å². The van der Waals surface area contributed by atoms with E-state index in [0.717, 1.165) is 51.1 Å². The molecule has 4 nitrogen and oxygen atoms in total. The molecule has 2 bridgehead atoms. The molecular formula is C17H25NO3. The summed E-state index contributed by atoms with van der Waals surface area (Å²) in [7, 11) is 0. The molecule has 21 heavy (non-hydrogen) atoms. The Bertz CT molecular complexity index is 437. The second kappa shape index (κ2) is 5.29. The van der Waals surface area contributed by atoms with Crippen LogP contribution >= 0.6 is 0 Å². The number of esters is 1. The highest BCUT2D eigenvalue weighted by atomic mass is 16.5. The van der Waals surface area contributed by atoms with Crippen LogP contribution in [0.15, 0.2) is 0 Å². The highest BCUT2D eigenvalue weighted by Crippen LogP contribution is 2.46. The van der Waals surface area contributed by atoms with Crippen molar-refractivity contribution in [3.8, 4) is 0 Å². The summed E-state index contributed by atoms with van der Waals surface area (Å²) in [5.74, 6) is 2.08. The molecule has 0 aromatic carbocycles. The zero-order chi connectivity index (χ0) is 14.4. The van der Waals surface area contributed by atoms with Gasteiger partial charge < -0.3 is 9.64 Å². The Balaban J connectivity index is 1.25. The third kappa shape index (κ3) is 2.69. The topological polar surface area (TPSA) is 46.6 Å². The van der Waals surface area contributed by atoms with Crippen molar-refractivity contribution in [2.75, 3.05) is 13.1 Å². The summed E-state index contributed by atoms with van der Waals surface area (Å²) < 4.78 is 5.80.